The molecule has 1 aliphatic carbocycles. The van der Waals surface area contributed by atoms with Crippen LogP contribution in [0.1, 0.15) is 25.7 Å². The van der Waals surface area contributed by atoms with Crippen molar-refractivity contribution in [2.75, 3.05) is 0 Å². The average molecular weight is 229 g/mol. The number of alkyl halides is 4. The summed E-state index contributed by atoms with van der Waals surface area (Å²) in [7, 11) is 0. The zero-order valence-corrected chi connectivity index (χ0v) is 8.31. The number of hydrogen-bond acceptors (Lipinski definition) is 1. The molecule has 0 bridgehead atoms. The largest absolute Gasteiger partial charge is 0.391 e. The van der Waals surface area contributed by atoms with Gasteiger partial charge in [0.1, 0.15) is 6.29 Å². The second kappa shape index (κ2) is 4.51. The molecule has 0 radical (unpaired) electrons. The lowest BCUT2D eigenvalue weighted by molar-refractivity contribution is -0.183. The Bertz CT molecular complexity index is 197. The molecule has 0 amide bonds. The van der Waals surface area contributed by atoms with Crippen LogP contribution in [0.3, 0.4) is 0 Å². The third kappa shape index (κ3) is 2.87. The van der Waals surface area contributed by atoms with Crippen molar-refractivity contribution in [3.63, 3.8) is 0 Å². The molecular weight excluding hydrogens is 217 g/mol. The molecular formula is C9H12ClF3O. The highest BCUT2D eigenvalue weighted by molar-refractivity contribution is 6.27. The van der Waals surface area contributed by atoms with Gasteiger partial charge in [0, 0.05) is 0 Å². The highest BCUT2D eigenvalue weighted by Crippen LogP contribution is 2.40. The Hall–Kier alpha value is -0.250. The standard InChI is InChI=1S/C9H12ClF3O/c10-8(5-14)6-1-3-7(4-2-6)9(11,12)13/h5-8H,1-4H2. The van der Waals surface area contributed by atoms with Crippen LogP contribution < -0.4 is 0 Å². The van der Waals surface area contributed by atoms with Crippen LogP contribution in [0.25, 0.3) is 0 Å². The van der Waals surface area contributed by atoms with Gasteiger partial charge >= 0.3 is 6.18 Å². The molecule has 0 spiro atoms. The number of aldehydes is 1. The fourth-order valence-electron chi connectivity index (χ4n) is 1.88. The van der Waals surface area contributed by atoms with Crippen LogP contribution in [0.2, 0.25) is 0 Å². The van der Waals surface area contributed by atoms with Gasteiger partial charge < -0.3 is 4.79 Å². The fourth-order valence-corrected chi connectivity index (χ4v) is 2.13. The Kier molecular flexibility index (Phi) is 3.81. The van der Waals surface area contributed by atoms with Crippen LogP contribution >= 0.6 is 11.6 Å². The van der Waals surface area contributed by atoms with E-state index in [1.165, 1.54) is 0 Å². The number of halogens is 4. The van der Waals surface area contributed by atoms with E-state index in [1.54, 1.807) is 0 Å². The molecule has 0 aromatic rings. The quantitative estimate of drug-likeness (QED) is 0.524. The summed E-state index contributed by atoms with van der Waals surface area (Å²) in [5.74, 6) is -1.28. The molecule has 1 fully saturated rings. The van der Waals surface area contributed by atoms with Crippen LogP contribution in [0.5, 0.6) is 0 Å². The lowest BCUT2D eigenvalue weighted by atomic mass is 9.80. The van der Waals surface area contributed by atoms with E-state index in [0.717, 1.165) is 0 Å². The summed E-state index contributed by atoms with van der Waals surface area (Å²) in [6.45, 7) is 0. The predicted octanol–water partition coefficient (Wildman–Crippen LogP) is 3.16. The molecule has 1 atom stereocenters. The summed E-state index contributed by atoms with van der Waals surface area (Å²) in [6.07, 6.45) is -2.47. The van der Waals surface area contributed by atoms with Gasteiger partial charge in [-0.05, 0) is 31.6 Å². The molecule has 82 valence electrons. The Morgan fingerprint density at radius 1 is 1.21 bits per heavy atom. The fraction of sp³-hybridized carbons (Fsp3) is 0.889. The third-order valence-electron chi connectivity index (χ3n) is 2.82. The molecule has 0 aromatic heterocycles. The van der Waals surface area contributed by atoms with Gasteiger partial charge in [-0.3, -0.25) is 0 Å². The Labute approximate surface area is 85.6 Å². The molecule has 0 heterocycles. The van der Waals surface area contributed by atoms with Gasteiger partial charge in [0.15, 0.2) is 0 Å². The van der Waals surface area contributed by atoms with Crippen LogP contribution in [0.15, 0.2) is 0 Å². The molecule has 0 N–H and O–H groups in total. The zero-order chi connectivity index (χ0) is 10.8. The van der Waals surface area contributed by atoms with Crippen molar-refractivity contribution in [3.8, 4) is 0 Å². The Morgan fingerprint density at radius 2 is 1.71 bits per heavy atom. The molecule has 1 unspecified atom stereocenters. The van der Waals surface area contributed by atoms with Gasteiger partial charge in [-0.1, -0.05) is 0 Å². The van der Waals surface area contributed by atoms with Crippen LogP contribution in [-0.4, -0.2) is 17.8 Å². The molecule has 1 aliphatic rings. The minimum atomic E-state index is -4.09. The van der Waals surface area contributed by atoms with Crippen molar-refractivity contribution in [3.05, 3.63) is 0 Å². The summed E-state index contributed by atoms with van der Waals surface area (Å²) in [6, 6.07) is 0. The second-order valence-corrected chi connectivity index (χ2v) is 4.24. The van der Waals surface area contributed by atoms with Crippen molar-refractivity contribution >= 4 is 17.9 Å². The molecule has 0 saturated heterocycles. The lowest BCUT2D eigenvalue weighted by Crippen LogP contribution is -2.30. The molecule has 5 heteroatoms. The van der Waals surface area contributed by atoms with E-state index >= 15 is 0 Å². The van der Waals surface area contributed by atoms with Gasteiger partial charge in [-0.25, -0.2) is 0 Å². The first kappa shape index (κ1) is 11.8. The van der Waals surface area contributed by atoms with Crippen molar-refractivity contribution in [2.24, 2.45) is 11.8 Å². The summed E-state index contributed by atoms with van der Waals surface area (Å²) in [4.78, 5) is 10.3. The van der Waals surface area contributed by atoms with Crippen molar-refractivity contribution < 1.29 is 18.0 Å². The maximum Gasteiger partial charge on any atom is 0.391 e. The summed E-state index contributed by atoms with van der Waals surface area (Å²) < 4.78 is 36.7. The molecule has 0 aliphatic heterocycles. The van der Waals surface area contributed by atoms with Gasteiger partial charge in [0.05, 0.1) is 11.3 Å². The first-order chi connectivity index (χ1) is 6.45. The van der Waals surface area contributed by atoms with Crippen LogP contribution in [0, 0.1) is 11.8 Å². The molecule has 1 nitrogen and oxygen atoms in total. The van der Waals surface area contributed by atoms with Crippen LogP contribution in [-0.2, 0) is 4.79 Å². The highest BCUT2D eigenvalue weighted by atomic mass is 35.5. The topological polar surface area (TPSA) is 17.1 Å². The summed E-state index contributed by atoms with van der Waals surface area (Å²) in [5.41, 5.74) is 0. The number of carbonyl (C=O) groups excluding carboxylic acids is 1. The monoisotopic (exact) mass is 228 g/mol. The minimum absolute atomic E-state index is 0.0761. The minimum Gasteiger partial charge on any atom is -0.302 e. The number of carbonyl (C=O) groups is 1. The van der Waals surface area contributed by atoms with Crippen molar-refractivity contribution in [1.29, 1.82) is 0 Å². The van der Waals surface area contributed by atoms with E-state index < -0.39 is 17.5 Å². The maximum absolute atomic E-state index is 12.2. The molecule has 1 saturated carbocycles. The van der Waals surface area contributed by atoms with E-state index in [0.29, 0.717) is 19.1 Å². The number of rotatable bonds is 2. The van der Waals surface area contributed by atoms with E-state index in [1.807, 2.05) is 0 Å². The third-order valence-corrected chi connectivity index (χ3v) is 3.27. The zero-order valence-electron chi connectivity index (χ0n) is 7.56. The maximum atomic E-state index is 12.2. The second-order valence-electron chi connectivity index (χ2n) is 3.73. The summed E-state index contributed by atoms with van der Waals surface area (Å²) >= 11 is 5.66. The first-order valence-electron chi connectivity index (χ1n) is 4.61. The van der Waals surface area contributed by atoms with Gasteiger partial charge in [0.2, 0.25) is 0 Å². The van der Waals surface area contributed by atoms with E-state index in [4.69, 9.17) is 11.6 Å². The van der Waals surface area contributed by atoms with Gasteiger partial charge in [-0.15, -0.1) is 11.6 Å². The number of hydrogen-bond donors (Lipinski definition) is 0. The highest BCUT2D eigenvalue weighted by Gasteiger charge is 2.42. The van der Waals surface area contributed by atoms with Gasteiger partial charge in [0.25, 0.3) is 0 Å². The summed E-state index contributed by atoms with van der Waals surface area (Å²) in [5, 5.41) is -0.621. The van der Waals surface area contributed by atoms with E-state index in [-0.39, 0.29) is 18.8 Å². The van der Waals surface area contributed by atoms with E-state index in [2.05, 4.69) is 0 Å². The van der Waals surface area contributed by atoms with Crippen LogP contribution in [0.4, 0.5) is 13.2 Å². The van der Waals surface area contributed by atoms with Gasteiger partial charge in [-0.2, -0.15) is 13.2 Å². The SMILES string of the molecule is O=CC(Cl)C1CCC(C(F)(F)F)CC1. The molecule has 1 rings (SSSR count). The Morgan fingerprint density at radius 3 is 2.07 bits per heavy atom. The predicted molar refractivity (Wildman–Crippen MR) is 47.2 cm³/mol. The van der Waals surface area contributed by atoms with Crippen molar-refractivity contribution in [2.45, 2.75) is 37.2 Å². The van der Waals surface area contributed by atoms with E-state index in [9.17, 15) is 18.0 Å². The molecule has 0 aromatic carbocycles. The lowest BCUT2D eigenvalue weighted by Gasteiger charge is -2.30. The normalized spacial score (nSPS) is 31.1. The average Bonchev–Trinajstić information content (AvgIpc) is 2.15. The molecule has 14 heavy (non-hydrogen) atoms. The smallest absolute Gasteiger partial charge is 0.302 e. The Balaban J connectivity index is 2.42. The first-order valence-corrected chi connectivity index (χ1v) is 5.05. The van der Waals surface area contributed by atoms with Crippen molar-refractivity contribution in [1.82, 2.24) is 0 Å².